The molecule has 0 saturated carbocycles. The third-order valence-corrected chi connectivity index (χ3v) is 12.3. The number of imidazole rings is 2. The van der Waals surface area contributed by atoms with Crippen LogP contribution in [0.3, 0.4) is 0 Å². The van der Waals surface area contributed by atoms with Gasteiger partial charge in [-0.2, -0.15) is 0 Å². The number of carbonyl (C=O) groups is 3. The number of H-pyrrole nitrogens is 2. The Labute approximate surface area is 366 Å². The highest BCUT2D eigenvalue weighted by Gasteiger charge is 2.42. The van der Waals surface area contributed by atoms with Crippen molar-refractivity contribution in [1.82, 2.24) is 40.4 Å². The summed E-state index contributed by atoms with van der Waals surface area (Å²) in [4.78, 5) is 58.2. The van der Waals surface area contributed by atoms with E-state index in [2.05, 4.69) is 81.3 Å². The maximum atomic E-state index is 13.6. The van der Waals surface area contributed by atoms with Crippen LogP contribution < -0.4 is 10.6 Å². The van der Waals surface area contributed by atoms with Gasteiger partial charge in [0.25, 0.3) is 0 Å². The lowest BCUT2D eigenvalue weighted by Gasteiger charge is -2.34. The SMILES string of the molecule is COC(=O)N[C@H](C(=O)N1CCC[C@H]1c1ncc(-c2ccc3cc(-c4ccc(-c5cnc([C@@H]6C[C@H](OC)CN6C(O)[C@@H](NC(=O)OC)c6ccccc6)[nH]5)cc4)ccc3c2)[nH]1)C(C)C. The lowest BCUT2D eigenvalue weighted by Crippen LogP contribution is -2.51. The standard InChI is InChI=1S/C48H54N8O7/c1-28(2)41(53-47(59)62-4)45(57)55-21-9-12-39(55)43-49-26-38(52-43)35-20-19-33-22-32(17-18-34(33)23-35)29-13-15-30(16-14-29)37-25-50-44(51-37)40-24-36(61-3)27-56(40)46(58)42(54-48(60)63-5)31-10-7-6-8-11-31/h6-8,10-11,13-20,22-23,25-26,28,36,39-42,46,58H,9,12,21,24,27H2,1-5H3,(H,49,52)(H,50,51)(H,53,59)(H,54,60)/t36-,39-,40-,41-,42-,46?/m0/s1. The van der Waals surface area contributed by atoms with Gasteiger partial charge in [-0.15, -0.1) is 0 Å². The highest BCUT2D eigenvalue weighted by molar-refractivity contribution is 5.91. The summed E-state index contributed by atoms with van der Waals surface area (Å²) >= 11 is 0. The Morgan fingerprint density at radius 1 is 0.746 bits per heavy atom. The predicted molar refractivity (Wildman–Crippen MR) is 238 cm³/mol. The molecule has 2 fully saturated rings. The molecule has 0 radical (unpaired) electrons. The number of rotatable bonds is 13. The Hall–Kier alpha value is -6.55. The molecule has 8 rings (SSSR count). The van der Waals surface area contributed by atoms with Gasteiger partial charge in [0.15, 0.2) is 0 Å². The fraction of sp³-hybridized carbons (Fsp3) is 0.354. The second-order valence-corrected chi connectivity index (χ2v) is 16.5. The number of likely N-dealkylation sites (tertiary alicyclic amines) is 2. The number of amides is 3. The van der Waals surface area contributed by atoms with Gasteiger partial charge < -0.3 is 44.8 Å². The van der Waals surface area contributed by atoms with Crippen LogP contribution in [0.1, 0.15) is 68.4 Å². The molecule has 5 N–H and O–H groups in total. The van der Waals surface area contributed by atoms with Gasteiger partial charge in [-0.1, -0.05) is 92.7 Å². The summed E-state index contributed by atoms with van der Waals surface area (Å²) in [5.41, 5.74) is 6.55. The summed E-state index contributed by atoms with van der Waals surface area (Å²) in [5.74, 6) is 1.17. The van der Waals surface area contributed by atoms with E-state index in [0.29, 0.717) is 25.3 Å². The summed E-state index contributed by atoms with van der Waals surface area (Å²) in [6.07, 6.45) is 3.35. The Morgan fingerprint density at radius 2 is 1.33 bits per heavy atom. The van der Waals surface area contributed by atoms with Crippen molar-refractivity contribution in [3.05, 3.63) is 121 Å². The van der Waals surface area contributed by atoms with Crippen molar-refractivity contribution < 1.29 is 33.7 Å². The van der Waals surface area contributed by atoms with Crippen molar-refractivity contribution in [2.24, 2.45) is 5.92 Å². The van der Waals surface area contributed by atoms with Crippen LogP contribution in [0.4, 0.5) is 9.59 Å². The van der Waals surface area contributed by atoms with Crippen molar-refractivity contribution in [3.63, 3.8) is 0 Å². The van der Waals surface area contributed by atoms with Gasteiger partial charge in [0.1, 0.15) is 23.9 Å². The quantitative estimate of drug-likeness (QED) is 0.0779. The first-order valence-electron chi connectivity index (χ1n) is 21.3. The third kappa shape index (κ3) is 9.17. The topological polar surface area (TPSA) is 187 Å². The smallest absolute Gasteiger partial charge is 0.407 e. The molecule has 4 heterocycles. The van der Waals surface area contributed by atoms with Crippen LogP contribution in [0, 0.1) is 5.92 Å². The van der Waals surface area contributed by atoms with Crippen LogP contribution in [0.15, 0.2) is 103 Å². The van der Waals surface area contributed by atoms with Gasteiger partial charge in [-0.05, 0) is 70.3 Å². The first-order valence-corrected chi connectivity index (χ1v) is 21.3. The lowest BCUT2D eigenvalue weighted by molar-refractivity contribution is -0.135. The average molecular weight is 855 g/mol. The molecule has 2 aromatic heterocycles. The molecule has 1 unspecified atom stereocenters. The summed E-state index contributed by atoms with van der Waals surface area (Å²) in [7, 11) is 4.25. The molecule has 63 heavy (non-hydrogen) atoms. The van der Waals surface area contributed by atoms with E-state index in [-0.39, 0.29) is 30.0 Å². The number of alkyl carbamates (subject to hydrolysis) is 2. The molecule has 0 bridgehead atoms. The fourth-order valence-corrected chi connectivity index (χ4v) is 8.85. The van der Waals surface area contributed by atoms with Gasteiger partial charge in [-0.25, -0.2) is 19.6 Å². The summed E-state index contributed by atoms with van der Waals surface area (Å²) < 4.78 is 15.4. The number of carbonyl (C=O) groups excluding carboxylic acids is 3. The zero-order valence-corrected chi connectivity index (χ0v) is 36.1. The van der Waals surface area contributed by atoms with Crippen molar-refractivity contribution in [2.45, 2.75) is 69.6 Å². The van der Waals surface area contributed by atoms with E-state index >= 15 is 0 Å². The molecule has 2 aliphatic rings. The monoisotopic (exact) mass is 854 g/mol. The maximum Gasteiger partial charge on any atom is 0.407 e. The minimum absolute atomic E-state index is 0.110. The molecule has 2 aliphatic heterocycles. The molecule has 15 heteroatoms. The number of aliphatic hydroxyl groups is 1. The Bertz CT molecular complexity index is 2540. The molecule has 15 nitrogen and oxygen atoms in total. The minimum atomic E-state index is -1.09. The molecule has 6 aromatic rings. The second kappa shape index (κ2) is 18.8. The average Bonchev–Trinajstić information content (AvgIpc) is 4.16. The number of fused-ring (bicyclic) bond motifs is 1. The predicted octanol–water partition coefficient (Wildman–Crippen LogP) is 7.51. The second-order valence-electron chi connectivity index (χ2n) is 16.5. The largest absolute Gasteiger partial charge is 0.453 e. The van der Waals surface area contributed by atoms with Gasteiger partial charge >= 0.3 is 12.2 Å². The number of hydrogen-bond donors (Lipinski definition) is 5. The highest BCUT2D eigenvalue weighted by atomic mass is 16.5. The molecule has 4 aromatic carbocycles. The van der Waals surface area contributed by atoms with E-state index in [9.17, 15) is 19.5 Å². The van der Waals surface area contributed by atoms with Crippen LogP contribution in [0.5, 0.6) is 0 Å². The van der Waals surface area contributed by atoms with Crippen LogP contribution in [0.2, 0.25) is 0 Å². The van der Waals surface area contributed by atoms with E-state index in [1.165, 1.54) is 14.2 Å². The molecular weight excluding hydrogens is 801 g/mol. The fourth-order valence-electron chi connectivity index (χ4n) is 8.85. The minimum Gasteiger partial charge on any atom is -0.453 e. The van der Waals surface area contributed by atoms with Gasteiger partial charge in [0.2, 0.25) is 5.91 Å². The number of methoxy groups -OCH3 is 3. The van der Waals surface area contributed by atoms with Crippen molar-refractivity contribution >= 4 is 28.9 Å². The number of nitrogens with zero attached hydrogens (tertiary/aromatic N) is 4. The summed E-state index contributed by atoms with van der Waals surface area (Å²) in [6.45, 7) is 4.84. The molecule has 0 aliphatic carbocycles. The van der Waals surface area contributed by atoms with Gasteiger partial charge in [0, 0.05) is 25.8 Å². The zero-order chi connectivity index (χ0) is 44.2. The summed E-state index contributed by atoms with van der Waals surface area (Å²) in [5, 5.41) is 19.5. The van der Waals surface area contributed by atoms with E-state index in [0.717, 1.165) is 68.6 Å². The first-order chi connectivity index (χ1) is 30.5. The van der Waals surface area contributed by atoms with Gasteiger partial charge in [0.05, 0.1) is 62.2 Å². The Balaban J connectivity index is 0.955. The Morgan fingerprint density at radius 3 is 1.98 bits per heavy atom. The number of aromatic nitrogens is 4. The maximum absolute atomic E-state index is 13.6. The van der Waals surface area contributed by atoms with E-state index in [4.69, 9.17) is 24.2 Å². The van der Waals surface area contributed by atoms with Gasteiger partial charge in [-0.3, -0.25) is 9.69 Å². The summed E-state index contributed by atoms with van der Waals surface area (Å²) in [6, 6.07) is 28.4. The highest BCUT2D eigenvalue weighted by Crippen LogP contribution is 2.38. The number of aliphatic hydroxyl groups excluding tert-OH is 1. The molecule has 6 atom stereocenters. The number of ether oxygens (including phenoxy) is 3. The lowest BCUT2D eigenvalue weighted by atomic mass is 9.98. The molecule has 0 spiro atoms. The number of aromatic amines is 2. The molecule has 328 valence electrons. The van der Waals surface area contributed by atoms with Crippen LogP contribution in [-0.4, -0.2) is 106 Å². The van der Waals surface area contributed by atoms with Crippen LogP contribution in [0.25, 0.3) is 44.4 Å². The number of nitrogens with one attached hydrogen (secondary N) is 4. The van der Waals surface area contributed by atoms with Crippen LogP contribution >= 0.6 is 0 Å². The van der Waals surface area contributed by atoms with Crippen LogP contribution in [-0.2, 0) is 19.0 Å². The third-order valence-electron chi connectivity index (χ3n) is 12.3. The normalized spacial score (nSPS) is 19.2. The number of benzene rings is 4. The Kier molecular flexibility index (Phi) is 12.9. The van der Waals surface area contributed by atoms with E-state index in [1.807, 2.05) is 66.4 Å². The van der Waals surface area contributed by atoms with E-state index in [1.54, 1.807) is 7.11 Å². The van der Waals surface area contributed by atoms with Crippen molar-refractivity contribution in [3.8, 4) is 33.6 Å². The zero-order valence-electron chi connectivity index (χ0n) is 36.1. The number of hydrogen-bond acceptors (Lipinski definition) is 10. The van der Waals surface area contributed by atoms with Crippen molar-refractivity contribution in [1.29, 1.82) is 0 Å². The molecule has 2 saturated heterocycles. The first kappa shape index (κ1) is 43.1. The molecular formula is C48H54N8O7. The van der Waals surface area contributed by atoms with Crippen molar-refractivity contribution in [2.75, 3.05) is 34.4 Å². The molecule has 3 amide bonds. The van der Waals surface area contributed by atoms with E-state index < -0.39 is 30.5 Å².